The van der Waals surface area contributed by atoms with Crippen molar-refractivity contribution in [3.63, 3.8) is 0 Å². The average Bonchev–Trinajstić information content (AvgIpc) is 3.24. The molecule has 0 spiro atoms. The van der Waals surface area contributed by atoms with Crippen molar-refractivity contribution in [2.75, 3.05) is 20.2 Å². The first-order valence-corrected chi connectivity index (χ1v) is 9.07. The number of nitrogens with zero attached hydrogens (tertiary/aromatic N) is 3. The van der Waals surface area contributed by atoms with Crippen LogP contribution in [0.1, 0.15) is 35.0 Å². The molecule has 1 amide bonds. The van der Waals surface area contributed by atoms with Gasteiger partial charge in [0.15, 0.2) is 0 Å². The molecule has 6 nitrogen and oxygen atoms in total. The Hall–Kier alpha value is -3.15. The summed E-state index contributed by atoms with van der Waals surface area (Å²) in [6, 6.07) is 16.9. The van der Waals surface area contributed by atoms with Gasteiger partial charge in [-0.05, 0) is 49.2 Å². The minimum Gasteiger partial charge on any atom is -0.497 e. The first kappa shape index (κ1) is 17.3. The second-order valence-corrected chi connectivity index (χ2v) is 6.64. The molecule has 1 aliphatic heterocycles. The molecule has 0 N–H and O–H groups in total. The van der Waals surface area contributed by atoms with E-state index in [4.69, 9.17) is 9.26 Å². The summed E-state index contributed by atoms with van der Waals surface area (Å²) in [6.07, 6.45) is 1.85. The smallest absolute Gasteiger partial charge is 0.253 e. The highest BCUT2D eigenvalue weighted by molar-refractivity contribution is 5.94. The number of hydrogen-bond donors (Lipinski definition) is 0. The van der Waals surface area contributed by atoms with Gasteiger partial charge >= 0.3 is 0 Å². The van der Waals surface area contributed by atoms with Crippen molar-refractivity contribution in [1.29, 1.82) is 0 Å². The average molecular weight is 363 g/mol. The SMILES string of the molecule is COc1ccc(-c2noc([C@@H]3CCCN(C(=O)c4ccccc4)C3)n2)cc1. The molecular formula is C21H21N3O3. The van der Waals surface area contributed by atoms with Crippen molar-refractivity contribution in [3.8, 4) is 17.1 Å². The minimum absolute atomic E-state index is 0.0511. The Labute approximate surface area is 157 Å². The molecule has 0 unspecified atom stereocenters. The second-order valence-electron chi connectivity index (χ2n) is 6.64. The molecule has 4 rings (SSSR count). The molecular weight excluding hydrogens is 342 g/mol. The van der Waals surface area contributed by atoms with Gasteiger partial charge in [-0.15, -0.1) is 0 Å². The third kappa shape index (κ3) is 3.69. The van der Waals surface area contributed by atoms with Crippen LogP contribution >= 0.6 is 0 Å². The Morgan fingerprint density at radius 1 is 1.15 bits per heavy atom. The van der Waals surface area contributed by atoms with Crippen molar-refractivity contribution < 1.29 is 14.1 Å². The van der Waals surface area contributed by atoms with Gasteiger partial charge in [0.25, 0.3) is 5.91 Å². The van der Waals surface area contributed by atoms with E-state index in [1.807, 2.05) is 59.5 Å². The number of carbonyl (C=O) groups excluding carboxylic acids is 1. The zero-order chi connectivity index (χ0) is 18.6. The van der Waals surface area contributed by atoms with Crippen LogP contribution in [0.25, 0.3) is 11.4 Å². The van der Waals surface area contributed by atoms with E-state index in [9.17, 15) is 4.79 Å². The summed E-state index contributed by atoms with van der Waals surface area (Å²) in [5.74, 6) is 2.04. The van der Waals surface area contributed by atoms with Crippen molar-refractivity contribution >= 4 is 5.91 Å². The van der Waals surface area contributed by atoms with Crippen molar-refractivity contribution in [2.24, 2.45) is 0 Å². The number of aromatic nitrogens is 2. The molecule has 3 aromatic rings. The van der Waals surface area contributed by atoms with Crippen molar-refractivity contribution in [1.82, 2.24) is 15.0 Å². The topological polar surface area (TPSA) is 68.5 Å². The fourth-order valence-corrected chi connectivity index (χ4v) is 3.38. The van der Waals surface area contributed by atoms with E-state index < -0.39 is 0 Å². The minimum atomic E-state index is 0.0511. The van der Waals surface area contributed by atoms with Crippen LogP contribution in [-0.4, -0.2) is 41.1 Å². The molecule has 1 fully saturated rings. The zero-order valence-electron chi connectivity index (χ0n) is 15.2. The molecule has 0 saturated carbocycles. The number of rotatable bonds is 4. The lowest BCUT2D eigenvalue weighted by molar-refractivity contribution is 0.0695. The fraction of sp³-hybridized carbons (Fsp3) is 0.286. The maximum absolute atomic E-state index is 12.7. The Morgan fingerprint density at radius 2 is 1.93 bits per heavy atom. The monoisotopic (exact) mass is 363 g/mol. The lowest BCUT2D eigenvalue weighted by atomic mass is 9.97. The molecule has 1 aromatic heterocycles. The van der Waals surface area contributed by atoms with Crippen LogP contribution in [0.4, 0.5) is 0 Å². The first-order valence-electron chi connectivity index (χ1n) is 9.07. The van der Waals surface area contributed by atoms with Gasteiger partial charge in [0, 0.05) is 24.2 Å². The van der Waals surface area contributed by atoms with E-state index in [0.717, 1.165) is 30.7 Å². The van der Waals surface area contributed by atoms with Gasteiger partial charge in [-0.3, -0.25) is 4.79 Å². The van der Waals surface area contributed by atoms with Gasteiger partial charge in [0.1, 0.15) is 5.75 Å². The summed E-state index contributed by atoms with van der Waals surface area (Å²) in [7, 11) is 1.63. The maximum atomic E-state index is 12.7. The van der Waals surface area contributed by atoms with Crippen LogP contribution in [0.5, 0.6) is 5.75 Å². The molecule has 0 bridgehead atoms. The normalized spacial score (nSPS) is 16.9. The number of hydrogen-bond acceptors (Lipinski definition) is 5. The molecule has 0 radical (unpaired) electrons. The predicted molar refractivity (Wildman–Crippen MR) is 101 cm³/mol. The summed E-state index contributed by atoms with van der Waals surface area (Å²) in [5, 5.41) is 4.11. The van der Waals surface area contributed by atoms with E-state index in [-0.39, 0.29) is 11.8 Å². The van der Waals surface area contributed by atoms with Crippen LogP contribution in [0.2, 0.25) is 0 Å². The highest BCUT2D eigenvalue weighted by Crippen LogP contribution is 2.28. The molecule has 2 aromatic carbocycles. The standard InChI is InChI=1S/C21H21N3O3/c1-26-18-11-9-15(10-12-18)19-22-20(27-23-19)17-8-5-13-24(14-17)21(25)16-6-3-2-4-7-16/h2-4,6-7,9-12,17H,5,8,13-14H2,1H3/t17-/m1/s1. The maximum Gasteiger partial charge on any atom is 0.253 e. The van der Waals surface area contributed by atoms with Gasteiger partial charge < -0.3 is 14.2 Å². The lowest BCUT2D eigenvalue weighted by Gasteiger charge is -2.31. The number of amides is 1. The van der Waals surface area contributed by atoms with E-state index in [1.54, 1.807) is 7.11 Å². The summed E-state index contributed by atoms with van der Waals surface area (Å²) in [5.41, 5.74) is 1.58. The molecule has 2 heterocycles. The summed E-state index contributed by atoms with van der Waals surface area (Å²) in [6.45, 7) is 1.35. The lowest BCUT2D eigenvalue weighted by Crippen LogP contribution is -2.39. The van der Waals surface area contributed by atoms with Crippen molar-refractivity contribution in [3.05, 3.63) is 66.1 Å². The summed E-state index contributed by atoms with van der Waals surface area (Å²) < 4.78 is 10.7. The van der Waals surface area contributed by atoms with Gasteiger partial charge in [-0.2, -0.15) is 4.98 Å². The molecule has 1 aliphatic rings. The molecule has 0 aliphatic carbocycles. The first-order chi connectivity index (χ1) is 13.2. The predicted octanol–water partition coefficient (Wildman–Crippen LogP) is 3.77. The highest BCUT2D eigenvalue weighted by Gasteiger charge is 2.29. The Kier molecular flexibility index (Phi) is 4.87. The van der Waals surface area contributed by atoms with Crippen LogP contribution in [0, 0.1) is 0 Å². The van der Waals surface area contributed by atoms with Crippen LogP contribution < -0.4 is 4.74 Å². The number of benzene rings is 2. The van der Waals surface area contributed by atoms with E-state index in [1.165, 1.54) is 0 Å². The van der Waals surface area contributed by atoms with Crippen LogP contribution in [-0.2, 0) is 0 Å². The van der Waals surface area contributed by atoms with Crippen LogP contribution in [0.15, 0.2) is 59.1 Å². The summed E-state index contributed by atoms with van der Waals surface area (Å²) >= 11 is 0. The van der Waals surface area contributed by atoms with E-state index >= 15 is 0 Å². The van der Waals surface area contributed by atoms with Gasteiger partial charge in [-0.1, -0.05) is 23.4 Å². The molecule has 1 atom stereocenters. The highest BCUT2D eigenvalue weighted by atomic mass is 16.5. The second kappa shape index (κ2) is 7.61. The third-order valence-corrected chi connectivity index (χ3v) is 4.87. The number of piperidine rings is 1. The Balaban J connectivity index is 1.48. The molecule has 27 heavy (non-hydrogen) atoms. The third-order valence-electron chi connectivity index (χ3n) is 4.87. The molecule has 138 valence electrons. The number of ether oxygens (including phenoxy) is 1. The fourth-order valence-electron chi connectivity index (χ4n) is 3.38. The molecule has 1 saturated heterocycles. The van der Waals surface area contributed by atoms with Crippen molar-refractivity contribution in [2.45, 2.75) is 18.8 Å². The van der Waals surface area contributed by atoms with E-state index in [0.29, 0.717) is 23.8 Å². The number of carbonyl (C=O) groups is 1. The largest absolute Gasteiger partial charge is 0.497 e. The van der Waals surface area contributed by atoms with Gasteiger partial charge in [-0.25, -0.2) is 0 Å². The Bertz CT molecular complexity index is 906. The van der Waals surface area contributed by atoms with Crippen LogP contribution in [0.3, 0.4) is 0 Å². The zero-order valence-corrected chi connectivity index (χ0v) is 15.2. The molecule has 6 heteroatoms. The number of likely N-dealkylation sites (tertiary alicyclic amines) is 1. The number of methoxy groups -OCH3 is 1. The quantitative estimate of drug-likeness (QED) is 0.706. The Morgan fingerprint density at radius 3 is 2.67 bits per heavy atom. The van der Waals surface area contributed by atoms with E-state index in [2.05, 4.69) is 10.1 Å². The summed E-state index contributed by atoms with van der Waals surface area (Å²) in [4.78, 5) is 19.2. The van der Waals surface area contributed by atoms with Gasteiger partial charge in [0.2, 0.25) is 11.7 Å². The van der Waals surface area contributed by atoms with Gasteiger partial charge in [0.05, 0.1) is 13.0 Å².